The summed E-state index contributed by atoms with van der Waals surface area (Å²) in [6, 6.07) is 0. The van der Waals surface area contributed by atoms with E-state index in [0.29, 0.717) is 6.42 Å². The van der Waals surface area contributed by atoms with Crippen molar-refractivity contribution >= 4 is 5.97 Å². The van der Waals surface area contributed by atoms with Gasteiger partial charge < -0.3 is 19.5 Å². The zero-order valence-electron chi connectivity index (χ0n) is 13.4. The van der Waals surface area contributed by atoms with E-state index in [-0.39, 0.29) is 12.1 Å². The first-order chi connectivity index (χ1) is 10.2. The highest BCUT2D eigenvalue weighted by Crippen LogP contribution is 2.09. The lowest BCUT2D eigenvalue weighted by Gasteiger charge is -2.25. The number of hydrogen-bond acceptors (Lipinski definition) is 4. The Bertz CT molecular complexity index is 267. The molecular formula is C16H32NO4+. The van der Waals surface area contributed by atoms with Gasteiger partial charge in [-0.05, 0) is 12.8 Å². The zero-order chi connectivity index (χ0) is 15.3. The standard InChI is InChI=1S/C16H31NO4/c1-20-16(19)9-7-5-3-2-4-6-8-15(18)14-17-10-12-21-13-11-17/h15,18H,2-14H2,1H3/p+1/t15-/m0/s1. The van der Waals surface area contributed by atoms with E-state index in [9.17, 15) is 9.90 Å². The van der Waals surface area contributed by atoms with Crippen LogP contribution in [0.25, 0.3) is 0 Å². The second-order valence-corrected chi connectivity index (χ2v) is 5.96. The minimum absolute atomic E-state index is 0.108. The van der Waals surface area contributed by atoms with E-state index in [1.54, 1.807) is 0 Å². The number of rotatable bonds is 11. The molecular weight excluding hydrogens is 270 g/mol. The lowest BCUT2D eigenvalue weighted by atomic mass is 10.1. The van der Waals surface area contributed by atoms with Crippen molar-refractivity contribution < 1.29 is 24.3 Å². The normalized spacial score (nSPS) is 17.6. The molecule has 5 heteroatoms. The molecule has 0 radical (unpaired) electrons. The number of quaternary nitrogens is 1. The first kappa shape index (κ1) is 18.4. The third kappa shape index (κ3) is 9.82. The van der Waals surface area contributed by atoms with Crippen LogP contribution in [-0.2, 0) is 14.3 Å². The molecule has 0 aliphatic carbocycles. The molecule has 0 aromatic carbocycles. The van der Waals surface area contributed by atoms with E-state index < -0.39 is 0 Å². The second-order valence-electron chi connectivity index (χ2n) is 5.96. The fourth-order valence-corrected chi connectivity index (χ4v) is 2.76. The van der Waals surface area contributed by atoms with Crippen molar-refractivity contribution in [3.8, 4) is 0 Å². The number of hydrogen-bond donors (Lipinski definition) is 2. The highest BCUT2D eigenvalue weighted by Gasteiger charge is 2.17. The smallest absolute Gasteiger partial charge is 0.305 e. The third-order valence-electron chi connectivity index (χ3n) is 4.12. The van der Waals surface area contributed by atoms with Gasteiger partial charge in [0.25, 0.3) is 0 Å². The Morgan fingerprint density at radius 2 is 1.76 bits per heavy atom. The van der Waals surface area contributed by atoms with Crippen molar-refractivity contribution in [1.82, 2.24) is 0 Å². The van der Waals surface area contributed by atoms with Crippen molar-refractivity contribution in [2.45, 2.75) is 57.5 Å². The molecule has 1 aliphatic rings. The van der Waals surface area contributed by atoms with Gasteiger partial charge in [-0.2, -0.15) is 0 Å². The van der Waals surface area contributed by atoms with Gasteiger partial charge >= 0.3 is 5.97 Å². The van der Waals surface area contributed by atoms with E-state index in [4.69, 9.17) is 4.74 Å². The van der Waals surface area contributed by atoms with Crippen LogP contribution >= 0.6 is 0 Å². The Balaban J connectivity index is 1.85. The lowest BCUT2D eigenvalue weighted by Crippen LogP contribution is -3.15. The fourth-order valence-electron chi connectivity index (χ4n) is 2.76. The van der Waals surface area contributed by atoms with Crippen molar-refractivity contribution in [3.05, 3.63) is 0 Å². The van der Waals surface area contributed by atoms with Crippen molar-refractivity contribution in [3.63, 3.8) is 0 Å². The zero-order valence-corrected chi connectivity index (χ0v) is 13.4. The van der Waals surface area contributed by atoms with Gasteiger partial charge in [0.15, 0.2) is 0 Å². The van der Waals surface area contributed by atoms with Gasteiger partial charge in [0, 0.05) is 6.42 Å². The van der Waals surface area contributed by atoms with Crippen LogP contribution in [0, 0.1) is 0 Å². The third-order valence-corrected chi connectivity index (χ3v) is 4.12. The largest absolute Gasteiger partial charge is 0.469 e. The number of carbonyl (C=O) groups excluding carboxylic acids is 1. The average Bonchev–Trinajstić information content (AvgIpc) is 2.50. The summed E-state index contributed by atoms with van der Waals surface area (Å²) >= 11 is 0. The summed E-state index contributed by atoms with van der Waals surface area (Å²) in [5.41, 5.74) is 0. The van der Waals surface area contributed by atoms with Gasteiger partial charge in [-0.3, -0.25) is 4.79 Å². The van der Waals surface area contributed by atoms with E-state index in [1.807, 2.05) is 0 Å². The van der Waals surface area contributed by atoms with E-state index in [1.165, 1.54) is 31.3 Å². The quantitative estimate of drug-likeness (QED) is 0.432. The fraction of sp³-hybridized carbons (Fsp3) is 0.938. The first-order valence-corrected chi connectivity index (χ1v) is 8.38. The molecule has 0 spiro atoms. The highest BCUT2D eigenvalue weighted by atomic mass is 16.5. The Kier molecular flexibility index (Phi) is 10.5. The summed E-state index contributed by atoms with van der Waals surface area (Å²) < 4.78 is 9.92. The number of carbonyl (C=O) groups is 1. The summed E-state index contributed by atoms with van der Waals surface area (Å²) in [7, 11) is 1.44. The summed E-state index contributed by atoms with van der Waals surface area (Å²) in [5.74, 6) is -0.108. The molecule has 5 nitrogen and oxygen atoms in total. The van der Waals surface area contributed by atoms with Crippen LogP contribution in [-0.4, -0.2) is 57.1 Å². The number of esters is 1. The molecule has 0 aromatic rings. The van der Waals surface area contributed by atoms with Gasteiger partial charge in [-0.25, -0.2) is 0 Å². The minimum atomic E-state index is -0.169. The minimum Gasteiger partial charge on any atom is -0.469 e. The molecule has 0 bridgehead atoms. The molecule has 124 valence electrons. The first-order valence-electron chi connectivity index (χ1n) is 8.38. The van der Waals surface area contributed by atoms with Crippen LogP contribution < -0.4 is 4.90 Å². The monoisotopic (exact) mass is 302 g/mol. The molecule has 0 aromatic heterocycles. The molecule has 2 N–H and O–H groups in total. The van der Waals surface area contributed by atoms with Gasteiger partial charge in [0.05, 0.1) is 20.3 Å². The Morgan fingerprint density at radius 1 is 1.14 bits per heavy atom. The SMILES string of the molecule is COC(=O)CCCCCCCC[C@H](O)C[NH+]1CCOCC1. The molecule has 1 heterocycles. The predicted octanol–water partition coefficient (Wildman–Crippen LogP) is 0.556. The predicted molar refractivity (Wildman–Crippen MR) is 81.3 cm³/mol. The molecule has 0 unspecified atom stereocenters. The summed E-state index contributed by atoms with van der Waals surface area (Å²) in [6.45, 7) is 4.57. The van der Waals surface area contributed by atoms with E-state index in [0.717, 1.165) is 58.5 Å². The van der Waals surface area contributed by atoms with Gasteiger partial charge in [0.2, 0.25) is 0 Å². The Morgan fingerprint density at radius 3 is 2.43 bits per heavy atom. The molecule has 1 fully saturated rings. The lowest BCUT2D eigenvalue weighted by molar-refractivity contribution is -0.911. The molecule has 0 saturated carbocycles. The van der Waals surface area contributed by atoms with E-state index >= 15 is 0 Å². The highest BCUT2D eigenvalue weighted by molar-refractivity contribution is 5.68. The maximum Gasteiger partial charge on any atom is 0.305 e. The Hall–Kier alpha value is -0.650. The number of ether oxygens (including phenoxy) is 2. The maximum absolute atomic E-state index is 10.9. The molecule has 21 heavy (non-hydrogen) atoms. The molecule has 1 aliphatic heterocycles. The van der Waals surface area contributed by atoms with Gasteiger partial charge in [-0.1, -0.05) is 32.1 Å². The summed E-state index contributed by atoms with van der Waals surface area (Å²) in [5, 5.41) is 10.0. The summed E-state index contributed by atoms with van der Waals surface area (Å²) in [6.07, 6.45) is 7.93. The van der Waals surface area contributed by atoms with Crippen molar-refractivity contribution in [2.24, 2.45) is 0 Å². The number of methoxy groups -OCH3 is 1. The van der Waals surface area contributed by atoms with Crippen molar-refractivity contribution in [2.75, 3.05) is 40.0 Å². The van der Waals surface area contributed by atoms with Gasteiger partial charge in [-0.15, -0.1) is 0 Å². The van der Waals surface area contributed by atoms with Crippen LogP contribution in [0.4, 0.5) is 0 Å². The van der Waals surface area contributed by atoms with E-state index in [2.05, 4.69) is 4.74 Å². The molecule has 1 atom stereocenters. The summed E-state index contributed by atoms with van der Waals surface area (Å²) in [4.78, 5) is 12.4. The number of aliphatic hydroxyl groups excluding tert-OH is 1. The maximum atomic E-state index is 10.9. The average molecular weight is 302 g/mol. The molecule has 1 rings (SSSR count). The topological polar surface area (TPSA) is 60.2 Å². The molecule has 0 amide bonds. The van der Waals surface area contributed by atoms with Crippen LogP contribution in [0.1, 0.15) is 51.4 Å². The van der Waals surface area contributed by atoms with Crippen LogP contribution in [0.2, 0.25) is 0 Å². The second kappa shape index (κ2) is 12.0. The van der Waals surface area contributed by atoms with Crippen LogP contribution in [0.3, 0.4) is 0 Å². The number of aliphatic hydroxyl groups is 1. The van der Waals surface area contributed by atoms with Crippen LogP contribution in [0.5, 0.6) is 0 Å². The van der Waals surface area contributed by atoms with Crippen molar-refractivity contribution in [1.29, 1.82) is 0 Å². The number of nitrogens with one attached hydrogen (secondary N) is 1. The van der Waals surface area contributed by atoms with Gasteiger partial charge in [0.1, 0.15) is 25.7 Å². The number of unbranched alkanes of at least 4 members (excludes halogenated alkanes) is 5. The number of morpholine rings is 1. The van der Waals surface area contributed by atoms with Crippen LogP contribution in [0.15, 0.2) is 0 Å². The molecule has 1 saturated heterocycles. The Labute approximate surface area is 128 Å².